The van der Waals surface area contributed by atoms with Gasteiger partial charge >= 0.3 is 0 Å². The fraction of sp³-hybridized carbons (Fsp3) is 0.800. The molecule has 2 aliphatic heterocycles. The normalized spacial score (nSPS) is 31.2. The van der Waals surface area contributed by atoms with Crippen LogP contribution in [0.15, 0.2) is 4.42 Å². The van der Waals surface area contributed by atoms with Crippen LogP contribution in [0.4, 0.5) is 0 Å². The van der Waals surface area contributed by atoms with Crippen LogP contribution in [-0.2, 0) is 4.74 Å². The number of aromatic nitrogens is 2. The molecule has 1 aromatic rings. The van der Waals surface area contributed by atoms with Crippen LogP contribution in [0.3, 0.4) is 0 Å². The fourth-order valence-electron chi connectivity index (χ4n) is 2.18. The number of nitrogens with zero attached hydrogens (tertiary/aromatic N) is 2. The Morgan fingerprint density at radius 2 is 2.13 bits per heavy atom. The molecule has 2 saturated heterocycles. The van der Waals surface area contributed by atoms with Gasteiger partial charge in [-0.2, -0.15) is 0 Å². The Bertz CT molecular complexity index is 297. The number of nitrogens with one attached hydrogen (secondary N) is 1. The molecule has 1 N–H and O–H groups in total. The van der Waals surface area contributed by atoms with E-state index in [4.69, 9.17) is 9.15 Å². The zero-order chi connectivity index (χ0) is 10.1. The first-order valence-electron chi connectivity index (χ1n) is 5.59. The van der Waals surface area contributed by atoms with E-state index in [-0.39, 0.29) is 6.10 Å². The summed E-state index contributed by atoms with van der Waals surface area (Å²) < 4.78 is 11.2. The van der Waals surface area contributed by atoms with E-state index >= 15 is 0 Å². The van der Waals surface area contributed by atoms with Crippen molar-refractivity contribution in [3.05, 3.63) is 11.8 Å². The van der Waals surface area contributed by atoms with Gasteiger partial charge in [0.05, 0.1) is 5.92 Å². The maximum absolute atomic E-state index is 5.66. The molecule has 3 rings (SSSR count). The van der Waals surface area contributed by atoms with Gasteiger partial charge in [0.1, 0.15) is 6.10 Å². The molecule has 0 bridgehead atoms. The zero-order valence-electron chi connectivity index (χ0n) is 8.61. The Kier molecular flexibility index (Phi) is 2.42. The largest absolute Gasteiger partial charge is 0.422 e. The molecule has 1 aromatic heterocycles. The third kappa shape index (κ3) is 1.77. The highest BCUT2D eigenvalue weighted by Crippen LogP contribution is 2.29. The predicted molar refractivity (Wildman–Crippen MR) is 52.5 cm³/mol. The topological polar surface area (TPSA) is 60.2 Å². The first-order valence-corrected chi connectivity index (χ1v) is 5.59. The lowest BCUT2D eigenvalue weighted by Gasteiger charge is -2.03. The highest BCUT2D eigenvalue weighted by molar-refractivity contribution is 4.98. The summed E-state index contributed by atoms with van der Waals surface area (Å²) in [6, 6.07) is 0. The molecular formula is C10H15N3O2. The molecule has 0 amide bonds. The standard InChI is InChI=1S/C10H15N3O2/c1-2-8(14-5-1)10-13-12-9(15-10)7-3-4-11-6-7/h7-8,11H,1-6H2. The van der Waals surface area contributed by atoms with Crippen molar-refractivity contribution >= 4 is 0 Å². The van der Waals surface area contributed by atoms with E-state index in [2.05, 4.69) is 15.5 Å². The molecule has 0 radical (unpaired) electrons. The van der Waals surface area contributed by atoms with Gasteiger partial charge in [-0.1, -0.05) is 0 Å². The SMILES string of the molecule is C1COC(c2nnc(C3CCNC3)o2)C1. The Labute approximate surface area is 88.2 Å². The summed E-state index contributed by atoms with van der Waals surface area (Å²) in [6.45, 7) is 2.81. The van der Waals surface area contributed by atoms with Crippen molar-refractivity contribution in [3.8, 4) is 0 Å². The number of hydrogen-bond donors (Lipinski definition) is 1. The van der Waals surface area contributed by atoms with Crippen LogP contribution in [-0.4, -0.2) is 29.9 Å². The third-order valence-corrected chi connectivity index (χ3v) is 3.07. The van der Waals surface area contributed by atoms with Gasteiger partial charge in [0.2, 0.25) is 11.8 Å². The van der Waals surface area contributed by atoms with Gasteiger partial charge in [0.15, 0.2) is 0 Å². The summed E-state index contributed by atoms with van der Waals surface area (Å²) in [4.78, 5) is 0. The first kappa shape index (κ1) is 9.30. The van der Waals surface area contributed by atoms with E-state index in [1.165, 1.54) is 0 Å². The monoisotopic (exact) mass is 209 g/mol. The molecule has 5 heteroatoms. The second-order valence-corrected chi connectivity index (χ2v) is 4.17. The van der Waals surface area contributed by atoms with Crippen LogP contribution in [0.5, 0.6) is 0 Å². The minimum absolute atomic E-state index is 0.0422. The molecule has 3 heterocycles. The minimum atomic E-state index is 0.0422. The van der Waals surface area contributed by atoms with Gasteiger partial charge in [0.25, 0.3) is 0 Å². The van der Waals surface area contributed by atoms with Crippen LogP contribution in [0, 0.1) is 0 Å². The van der Waals surface area contributed by atoms with E-state index in [9.17, 15) is 0 Å². The summed E-state index contributed by atoms with van der Waals surface area (Å²) in [5, 5.41) is 11.5. The molecule has 2 aliphatic rings. The quantitative estimate of drug-likeness (QED) is 0.787. The van der Waals surface area contributed by atoms with Gasteiger partial charge in [-0.25, -0.2) is 0 Å². The molecule has 2 unspecified atom stereocenters. The molecule has 0 aromatic carbocycles. The lowest BCUT2D eigenvalue weighted by Crippen LogP contribution is -2.08. The molecule has 2 atom stereocenters. The molecular weight excluding hydrogens is 194 g/mol. The van der Waals surface area contributed by atoms with Crippen LogP contribution in [0.2, 0.25) is 0 Å². The van der Waals surface area contributed by atoms with Crippen LogP contribution >= 0.6 is 0 Å². The summed E-state index contributed by atoms with van der Waals surface area (Å²) in [5.74, 6) is 1.83. The molecule has 82 valence electrons. The lowest BCUT2D eigenvalue weighted by molar-refractivity contribution is 0.0877. The minimum Gasteiger partial charge on any atom is -0.422 e. The summed E-state index contributed by atoms with van der Waals surface area (Å²) in [5.41, 5.74) is 0. The van der Waals surface area contributed by atoms with E-state index in [1.807, 2.05) is 0 Å². The van der Waals surface area contributed by atoms with Crippen molar-refractivity contribution in [3.63, 3.8) is 0 Å². The molecule has 0 aliphatic carbocycles. The molecule has 5 nitrogen and oxygen atoms in total. The molecule has 2 fully saturated rings. The Morgan fingerprint density at radius 3 is 2.87 bits per heavy atom. The third-order valence-electron chi connectivity index (χ3n) is 3.07. The summed E-state index contributed by atoms with van der Waals surface area (Å²) >= 11 is 0. The molecule has 0 spiro atoms. The van der Waals surface area contributed by atoms with Gasteiger partial charge in [-0.15, -0.1) is 10.2 Å². The molecule has 15 heavy (non-hydrogen) atoms. The van der Waals surface area contributed by atoms with E-state index < -0.39 is 0 Å². The van der Waals surface area contributed by atoms with Gasteiger partial charge < -0.3 is 14.5 Å². The zero-order valence-corrected chi connectivity index (χ0v) is 8.61. The van der Waals surface area contributed by atoms with Crippen molar-refractivity contribution in [1.29, 1.82) is 0 Å². The van der Waals surface area contributed by atoms with Crippen molar-refractivity contribution in [2.24, 2.45) is 0 Å². The van der Waals surface area contributed by atoms with Crippen LogP contribution in [0.25, 0.3) is 0 Å². The highest BCUT2D eigenvalue weighted by Gasteiger charge is 2.27. The first-order chi connectivity index (χ1) is 7.43. The van der Waals surface area contributed by atoms with Crippen molar-refractivity contribution in [1.82, 2.24) is 15.5 Å². The Morgan fingerprint density at radius 1 is 1.20 bits per heavy atom. The smallest absolute Gasteiger partial charge is 0.245 e. The van der Waals surface area contributed by atoms with Gasteiger partial charge in [0, 0.05) is 13.2 Å². The second-order valence-electron chi connectivity index (χ2n) is 4.17. The van der Waals surface area contributed by atoms with Crippen LogP contribution in [0.1, 0.15) is 43.1 Å². The number of rotatable bonds is 2. The average Bonchev–Trinajstić information content (AvgIpc) is 3.02. The number of ether oxygens (including phenoxy) is 1. The van der Waals surface area contributed by atoms with E-state index in [1.54, 1.807) is 0 Å². The summed E-state index contributed by atoms with van der Waals surface area (Å²) in [6.07, 6.45) is 3.23. The predicted octanol–water partition coefficient (Wildman–Crippen LogP) is 0.998. The molecule has 0 saturated carbocycles. The fourth-order valence-corrected chi connectivity index (χ4v) is 2.18. The van der Waals surface area contributed by atoms with Crippen molar-refractivity contribution in [2.75, 3.05) is 19.7 Å². The van der Waals surface area contributed by atoms with E-state index in [0.717, 1.165) is 44.8 Å². The van der Waals surface area contributed by atoms with Crippen molar-refractivity contribution in [2.45, 2.75) is 31.3 Å². The summed E-state index contributed by atoms with van der Waals surface area (Å²) in [7, 11) is 0. The lowest BCUT2D eigenvalue weighted by atomic mass is 10.1. The van der Waals surface area contributed by atoms with Gasteiger partial charge in [-0.05, 0) is 25.8 Å². The second kappa shape index (κ2) is 3.90. The maximum Gasteiger partial charge on any atom is 0.245 e. The van der Waals surface area contributed by atoms with Gasteiger partial charge in [-0.3, -0.25) is 0 Å². The van der Waals surface area contributed by atoms with Crippen LogP contribution < -0.4 is 5.32 Å². The highest BCUT2D eigenvalue weighted by atomic mass is 16.5. The number of hydrogen-bond acceptors (Lipinski definition) is 5. The Hall–Kier alpha value is -0.940. The Balaban J connectivity index is 1.74. The van der Waals surface area contributed by atoms with Crippen molar-refractivity contribution < 1.29 is 9.15 Å². The van der Waals surface area contributed by atoms with E-state index in [0.29, 0.717) is 11.8 Å². The maximum atomic E-state index is 5.66. The average molecular weight is 209 g/mol.